The van der Waals surface area contributed by atoms with Gasteiger partial charge >= 0.3 is 0 Å². The molecule has 0 aliphatic heterocycles. The molecule has 0 saturated carbocycles. The van der Waals surface area contributed by atoms with Crippen molar-refractivity contribution in [2.45, 2.75) is 25.6 Å². The Morgan fingerprint density at radius 2 is 1.19 bits per heavy atom. The van der Waals surface area contributed by atoms with E-state index >= 15 is 0 Å². The van der Waals surface area contributed by atoms with Crippen molar-refractivity contribution < 1.29 is 9.59 Å². The molecular formula is C30H26Cl2N2O2. The Morgan fingerprint density at radius 1 is 0.667 bits per heavy atom. The molecule has 0 heterocycles. The molecule has 0 aliphatic carbocycles. The van der Waals surface area contributed by atoms with Gasteiger partial charge in [-0.15, -0.1) is 0 Å². The van der Waals surface area contributed by atoms with Crippen LogP contribution in [-0.4, -0.2) is 16.7 Å². The van der Waals surface area contributed by atoms with Crippen LogP contribution in [0.3, 0.4) is 0 Å². The smallest absolute Gasteiger partial charge is 0.247 e. The molecule has 6 heteroatoms. The van der Waals surface area contributed by atoms with Crippen molar-refractivity contribution in [1.82, 2.24) is 10.2 Å². The minimum atomic E-state index is -0.807. The molecule has 0 aliphatic rings. The number of benzene rings is 4. The first-order valence-electron chi connectivity index (χ1n) is 11.6. The van der Waals surface area contributed by atoms with Gasteiger partial charge in [0.15, 0.2) is 0 Å². The van der Waals surface area contributed by atoms with E-state index in [0.29, 0.717) is 23.1 Å². The molecule has 2 amide bonds. The van der Waals surface area contributed by atoms with E-state index in [0.717, 1.165) is 22.3 Å². The van der Waals surface area contributed by atoms with Crippen molar-refractivity contribution >= 4 is 35.0 Å². The first-order chi connectivity index (χ1) is 17.5. The zero-order chi connectivity index (χ0) is 25.3. The number of hydrogen-bond donors (Lipinski definition) is 1. The van der Waals surface area contributed by atoms with E-state index in [1.165, 1.54) is 0 Å². The Labute approximate surface area is 221 Å². The summed E-state index contributed by atoms with van der Waals surface area (Å²) in [5.41, 5.74) is 3.43. The van der Waals surface area contributed by atoms with Crippen LogP contribution in [0.25, 0.3) is 0 Å². The number of hydrogen-bond acceptors (Lipinski definition) is 2. The van der Waals surface area contributed by atoms with Crippen molar-refractivity contribution in [1.29, 1.82) is 0 Å². The van der Waals surface area contributed by atoms with Gasteiger partial charge in [0.25, 0.3) is 0 Å². The molecule has 4 aromatic carbocycles. The van der Waals surface area contributed by atoms with Crippen molar-refractivity contribution in [2.24, 2.45) is 0 Å². The van der Waals surface area contributed by atoms with Gasteiger partial charge < -0.3 is 10.2 Å². The maximum atomic E-state index is 13.7. The molecule has 1 atom stereocenters. The highest BCUT2D eigenvalue weighted by Crippen LogP contribution is 2.25. The van der Waals surface area contributed by atoms with Crippen molar-refractivity contribution in [3.05, 3.63) is 141 Å². The highest BCUT2D eigenvalue weighted by Gasteiger charge is 2.31. The molecule has 0 unspecified atom stereocenters. The second-order valence-electron chi connectivity index (χ2n) is 8.47. The van der Waals surface area contributed by atoms with Crippen molar-refractivity contribution in [3.8, 4) is 0 Å². The zero-order valence-electron chi connectivity index (χ0n) is 19.6. The molecule has 0 spiro atoms. The van der Waals surface area contributed by atoms with Crippen molar-refractivity contribution in [3.63, 3.8) is 0 Å². The van der Waals surface area contributed by atoms with Crippen LogP contribution in [0.15, 0.2) is 109 Å². The van der Waals surface area contributed by atoms with Gasteiger partial charge in [0.05, 0.1) is 6.42 Å². The van der Waals surface area contributed by atoms with Crippen molar-refractivity contribution in [2.75, 3.05) is 0 Å². The summed E-state index contributed by atoms with van der Waals surface area (Å²) in [6.45, 7) is 0.616. The zero-order valence-corrected chi connectivity index (χ0v) is 21.1. The van der Waals surface area contributed by atoms with E-state index in [9.17, 15) is 9.59 Å². The normalized spacial score (nSPS) is 11.5. The SMILES string of the molecule is O=C(NCc1ccc(Cl)cc1)[C@@H](c1ccccc1)N(Cc1ccccc1)C(=O)Cc1ccc(Cl)cc1. The number of nitrogens with zero attached hydrogens (tertiary/aromatic N) is 1. The lowest BCUT2D eigenvalue weighted by Gasteiger charge is -2.32. The minimum Gasteiger partial charge on any atom is -0.350 e. The van der Waals surface area contributed by atoms with Gasteiger partial charge in [-0.05, 0) is 46.5 Å². The van der Waals surface area contributed by atoms with Crippen LogP contribution in [0, 0.1) is 0 Å². The lowest BCUT2D eigenvalue weighted by atomic mass is 10.0. The molecular weight excluding hydrogens is 491 g/mol. The molecule has 0 saturated heterocycles. The predicted octanol–water partition coefficient (Wildman–Crippen LogP) is 6.62. The predicted molar refractivity (Wildman–Crippen MR) is 145 cm³/mol. The molecule has 4 nitrogen and oxygen atoms in total. The van der Waals surface area contributed by atoms with Crippen LogP contribution in [0.4, 0.5) is 0 Å². The van der Waals surface area contributed by atoms with Gasteiger partial charge in [-0.25, -0.2) is 0 Å². The van der Waals surface area contributed by atoms with Gasteiger partial charge in [-0.2, -0.15) is 0 Å². The molecule has 0 aromatic heterocycles. The Balaban J connectivity index is 1.65. The Kier molecular flexibility index (Phi) is 8.77. The van der Waals surface area contributed by atoms with Gasteiger partial charge in [0.2, 0.25) is 11.8 Å². The summed E-state index contributed by atoms with van der Waals surface area (Å²) in [6, 6.07) is 32.8. The summed E-state index contributed by atoms with van der Waals surface area (Å²) in [5.74, 6) is -0.409. The molecule has 1 N–H and O–H groups in total. The molecule has 182 valence electrons. The van der Waals surface area contributed by atoms with Crippen LogP contribution in [0.2, 0.25) is 10.0 Å². The molecule has 0 bridgehead atoms. The first kappa shape index (κ1) is 25.5. The van der Waals surface area contributed by atoms with E-state index in [2.05, 4.69) is 5.32 Å². The third-order valence-electron chi connectivity index (χ3n) is 5.84. The number of amides is 2. The van der Waals surface area contributed by atoms with E-state index in [1.807, 2.05) is 84.9 Å². The summed E-state index contributed by atoms with van der Waals surface area (Å²) in [5, 5.41) is 4.26. The van der Waals surface area contributed by atoms with Gasteiger partial charge in [-0.3, -0.25) is 9.59 Å². The highest BCUT2D eigenvalue weighted by atomic mass is 35.5. The maximum absolute atomic E-state index is 13.7. The summed E-state index contributed by atoms with van der Waals surface area (Å²) in [7, 11) is 0. The van der Waals surface area contributed by atoms with E-state index in [-0.39, 0.29) is 18.2 Å². The summed E-state index contributed by atoms with van der Waals surface area (Å²) < 4.78 is 0. The second-order valence-corrected chi connectivity index (χ2v) is 9.34. The molecule has 4 aromatic rings. The first-order valence-corrected chi connectivity index (χ1v) is 12.4. The molecule has 4 rings (SSSR count). The lowest BCUT2D eigenvalue weighted by Crippen LogP contribution is -2.43. The third-order valence-corrected chi connectivity index (χ3v) is 6.34. The largest absolute Gasteiger partial charge is 0.350 e. The number of halogens is 2. The second kappa shape index (κ2) is 12.4. The summed E-state index contributed by atoms with van der Waals surface area (Å²) >= 11 is 12.0. The molecule has 0 radical (unpaired) electrons. The molecule has 36 heavy (non-hydrogen) atoms. The van der Waals surface area contributed by atoms with Crippen LogP contribution < -0.4 is 5.32 Å². The van der Waals surface area contributed by atoms with Crippen LogP contribution in [0.5, 0.6) is 0 Å². The highest BCUT2D eigenvalue weighted by molar-refractivity contribution is 6.30. The fourth-order valence-corrected chi connectivity index (χ4v) is 4.23. The Hall–Kier alpha value is -3.60. The summed E-state index contributed by atoms with van der Waals surface area (Å²) in [6.07, 6.45) is 0.151. The van der Waals surface area contributed by atoms with Gasteiger partial charge in [0.1, 0.15) is 6.04 Å². The minimum absolute atomic E-state index is 0.151. The number of carbonyl (C=O) groups excluding carboxylic acids is 2. The number of carbonyl (C=O) groups is 2. The quantitative estimate of drug-likeness (QED) is 0.271. The number of nitrogens with one attached hydrogen (secondary N) is 1. The maximum Gasteiger partial charge on any atom is 0.247 e. The average Bonchev–Trinajstić information content (AvgIpc) is 2.90. The van der Waals surface area contributed by atoms with Crippen LogP contribution in [0.1, 0.15) is 28.3 Å². The van der Waals surface area contributed by atoms with Crippen LogP contribution in [-0.2, 0) is 29.1 Å². The topological polar surface area (TPSA) is 49.4 Å². The van der Waals surface area contributed by atoms with Gasteiger partial charge in [0, 0.05) is 23.1 Å². The Morgan fingerprint density at radius 3 is 1.78 bits per heavy atom. The van der Waals surface area contributed by atoms with Crippen LogP contribution >= 0.6 is 23.2 Å². The van der Waals surface area contributed by atoms with E-state index < -0.39 is 6.04 Å². The monoisotopic (exact) mass is 516 g/mol. The summed E-state index contributed by atoms with van der Waals surface area (Å²) in [4.78, 5) is 29.0. The Bertz CT molecular complexity index is 1280. The standard InChI is InChI=1S/C30H26Cl2N2O2/c31-26-15-11-22(12-16-26)19-28(35)34(21-24-7-3-1-4-8-24)29(25-9-5-2-6-10-25)30(36)33-20-23-13-17-27(32)18-14-23/h1-18,29H,19-21H2,(H,33,36)/t29-/m1/s1. The van der Waals surface area contributed by atoms with E-state index in [4.69, 9.17) is 23.2 Å². The number of rotatable bonds is 9. The molecule has 0 fully saturated rings. The van der Waals surface area contributed by atoms with Gasteiger partial charge in [-0.1, -0.05) is 108 Å². The van der Waals surface area contributed by atoms with E-state index in [1.54, 1.807) is 29.2 Å². The lowest BCUT2D eigenvalue weighted by molar-refractivity contribution is -0.141. The average molecular weight is 517 g/mol. The fourth-order valence-electron chi connectivity index (χ4n) is 3.98. The third kappa shape index (κ3) is 6.97. The fraction of sp³-hybridized carbons (Fsp3) is 0.133.